The molecule has 0 amide bonds. The summed E-state index contributed by atoms with van der Waals surface area (Å²) in [7, 11) is 1.57. The summed E-state index contributed by atoms with van der Waals surface area (Å²) in [5.74, 6) is 0.803. The van der Waals surface area contributed by atoms with Crippen molar-refractivity contribution in [3.8, 4) is 22.9 Å². The minimum Gasteiger partial charge on any atom is -0.502 e. The van der Waals surface area contributed by atoms with Crippen LogP contribution in [0.15, 0.2) is 36.4 Å². The molecule has 0 atom stereocenters. The summed E-state index contributed by atoms with van der Waals surface area (Å²) in [5.41, 5.74) is 1.65. The molecular formula is C14H11N3O4. The van der Waals surface area contributed by atoms with Crippen LogP contribution in [0.2, 0.25) is 0 Å². The van der Waals surface area contributed by atoms with Crippen molar-refractivity contribution in [1.29, 1.82) is 0 Å². The van der Waals surface area contributed by atoms with Gasteiger partial charge < -0.3 is 14.8 Å². The molecule has 1 aromatic heterocycles. The predicted octanol–water partition coefficient (Wildman–Crippen LogP) is 2.85. The lowest BCUT2D eigenvalue weighted by Gasteiger charge is -1.99. The minimum absolute atomic E-state index is 0.356. The lowest BCUT2D eigenvalue weighted by Crippen LogP contribution is -1.90. The van der Waals surface area contributed by atoms with Gasteiger partial charge in [0.05, 0.1) is 23.1 Å². The van der Waals surface area contributed by atoms with Gasteiger partial charge in [-0.15, -0.1) is 0 Å². The average molecular weight is 285 g/mol. The first-order valence-electron chi connectivity index (χ1n) is 6.10. The van der Waals surface area contributed by atoms with Gasteiger partial charge in [0.15, 0.2) is 5.75 Å². The van der Waals surface area contributed by atoms with Crippen LogP contribution in [0.3, 0.4) is 0 Å². The summed E-state index contributed by atoms with van der Waals surface area (Å²) in [6.07, 6.45) is 0. The summed E-state index contributed by atoms with van der Waals surface area (Å²) < 4.78 is 5.13. The number of phenolic OH excluding ortho intramolecular Hbond substituents is 1. The van der Waals surface area contributed by atoms with E-state index in [1.54, 1.807) is 31.4 Å². The number of nitro groups is 1. The zero-order valence-electron chi connectivity index (χ0n) is 11.0. The molecule has 0 aliphatic rings. The van der Waals surface area contributed by atoms with Crippen molar-refractivity contribution in [3.05, 3.63) is 46.5 Å². The van der Waals surface area contributed by atoms with Crippen LogP contribution in [-0.4, -0.2) is 27.1 Å². The van der Waals surface area contributed by atoms with E-state index < -0.39 is 4.92 Å². The van der Waals surface area contributed by atoms with Crippen molar-refractivity contribution >= 4 is 16.7 Å². The highest BCUT2D eigenvalue weighted by Gasteiger charge is 2.16. The number of aromatic hydroxyl groups is 1. The van der Waals surface area contributed by atoms with Crippen LogP contribution in [0, 0.1) is 10.1 Å². The number of hydrogen-bond acceptors (Lipinski definition) is 5. The Morgan fingerprint density at radius 3 is 2.81 bits per heavy atom. The topological polar surface area (TPSA) is 101 Å². The molecule has 0 radical (unpaired) electrons. The van der Waals surface area contributed by atoms with Gasteiger partial charge in [0.25, 0.3) is 0 Å². The van der Waals surface area contributed by atoms with E-state index in [0.717, 1.165) is 11.0 Å². The first-order chi connectivity index (χ1) is 10.1. The average Bonchev–Trinajstić information content (AvgIpc) is 2.90. The van der Waals surface area contributed by atoms with Crippen molar-refractivity contribution in [3.63, 3.8) is 0 Å². The molecule has 2 aromatic carbocycles. The van der Waals surface area contributed by atoms with E-state index >= 15 is 0 Å². The zero-order valence-corrected chi connectivity index (χ0v) is 11.0. The van der Waals surface area contributed by atoms with Gasteiger partial charge in [0.2, 0.25) is 0 Å². The maximum absolute atomic E-state index is 10.9. The van der Waals surface area contributed by atoms with Crippen LogP contribution in [0.4, 0.5) is 5.69 Å². The number of nitro benzene ring substituents is 1. The molecular weight excluding hydrogens is 274 g/mol. The van der Waals surface area contributed by atoms with Crippen molar-refractivity contribution < 1.29 is 14.8 Å². The largest absolute Gasteiger partial charge is 0.502 e. The van der Waals surface area contributed by atoms with E-state index in [9.17, 15) is 15.2 Å². The Kier molecular flexibility index (Phi) is 2.94. The molecule has 106 valence electrons. The molecule has 0 saturated heterocycles. The molecule has 1 heterocycles. The van der Waals surface area contributed by atoms with E-state index in [4.69, 9.17) is 4.74 Å². The second kappa shape index (κ2) is 4.78. The molecule has 3 aromatic rings. The van der Waals surface area contributed by atoms with Crippen LogP contribution in [0.5, 0.6) is 11.5 Å². The number of methoxy groups -OCH3 is 1. The molecule has 0 aliphatic heterocycles. The number of benzene rings is 2. The normalized spacial score (nSPS) is 10.7. The Labute approximate surface area is 119 Å². The molecule has 0 spiro atoms. The van der Waals surface area contributed by atoms with Gasteiger partial charge in [-0.05, 0) is 24.3 Å². The van der Waals surface area contributed by atoms with E-state index in [1.165, 1.54) is 12.1 Å². The first kappa shape index (κ1) is 12.9. The van der Waals surface area contributed by atoms with Crippen LogP contribution in [0.1, 0.15) is 0 Å². The van der Waals surface area contributed by atoms with Gasteiger partial charge in [-0.3, -0.25) is 10.1 Å². The van der Waals surface area contributed by atoms with E-state index in [0.29, 0.717) is 17.1 Å². The molecule has 0 bridgehead atoms. The van der Waals surface area contributed by atoms with Gasteiger partial charge in [0.1, 0.15) is 11.6 Å². The Bertz CT molecular complexity index is 841. The molecule has 0 unspecified atom stereocenters. The van der Waals surface area contributed by atoms with Crippen molar-refractivity contribution in [2.24, 2.45) is 0 Å². The second-order valence-corrected chi connectivity index (χ2v) is 4.43. The Balaban J connectivity index is 2.12. The van der Waals surface area contributed by atoms with E-state index in [1.807, 2.05) is 0 Å². The molecule has 0 saturated carbocycles. The van der Waals surface area contributed by atoms with Crippen molar-refractivity contribution in [1.82, 2.24) is 9.97 Å². The monoisotopic (exact) mass is 285 g/mol. The van der Waals surface area contributed by atoms with Crippen LogP contribution < -0.4 is 4.74 Å². The molecule has 7 nitrogen and oxygen atoms in total. The summed E-state index contributed by atoms with van der Waals surface area (Å²) >= 11 is 0. The highest BCUT2D eigenvalue weighted by molar-refractivity contribution is 5.81. The van der Waals surface area contributed by atoms with Crippen LogP contribution in [0.25, 0.3) is 22.4 Å². The lowest BCUT2D eigenvalue weighted by molar-refractivity contribution is -0.385. The Morgan fingerprint density at radius 1 is 1.29 bits per heavy atom. The summed E-state index contributed by atoms with van der Waals surface area (Å²) in [6.45, 7) is 0. The smallest absolute Gasteiger partial charge is 0.311 e. The SMILES string of the molecule is COc1ccc2nc(-c3ccc(O)c([N+](=O)[O-])c3)[nH]c2c1. The standard InChI is InChI=1S/C14H11N3O4/c1-21-9-3-4-10-11(7-9)16-14(15-10)8-2-5-13(18)12(6-8)17(19)20/h2-7,18H,1H3,(H,15,16). The summed E-state index contributed by atoms with van der Waals surface area (Å²) in [4.78, 5) is 17.7. The minimum atomic E-state index is -0.634. The number of rotatable bonds is 3. The molecule has 0 aliphatic carbocycles. The molecule has 2 N–H and O–H groups in total. The van der Waals surface area contributed by atoms with Gasteiger partial charge in [-0.25, -0.2) is 4.98 Å². The van der Waals surface area contributed by atoms with E-state index in [2.05, 4.69) is 9.97 Å². The third-order valence-electron chi connectivity index (χ3n) is 3.13. The Morgan fingerprint density at radius 2 is 2.10 bits per heavy atom. The molecule has 0 fully saturated rings. The predicted molar refractivity (Wildman–Crippen MR) is 76.4 cm³/mol. The lowest BCUT2D eigenvalue weighted by atomic mass is 10.2. The number of aromatic nitrogens is 2. The third kappa shape index (κ3) is 2.25. The van der Waals surface area contributed by atoms with Gasteiger partial charge in [-0.1, -0.05) is 0 Å². The maximum Gasteiger partial charge on any atom is 0.311 e. The number of H-pyrrole nitrogens is 1. The number of aromatic amines is 1. The number of hydrogen-bond donors (Lipinski definition) is 2. The number of imidazole rings is 1. The van der Waals surface area contributed by atoms with Crippen molar-refractivity contribution in [2.45, 2.75) is 0 Å². The maximum atomic E-state index is 10.9. The number of fused-ring (bicyclic) bond motifs is 1. The van der Waals surface area contributed by atoms with Gasteiger partial charge in [0, 0.05) is 17.7 Å². The Hall–Kier alpha value is -3.09. The highest BCUT2D eigenvalue weighted by Crippen LogP contribution is 2.31. The number of nitrogens with one attached hydrogen (secondary N) is 1. The summed E-state index contributed by atoms with van der Waals surface area (Å²) in [6, 6.07) is 9.50. The van der Waals surface area contributed by atoms with Crippen molar-refractivity contribution in [2.75, 3.05) is 7.11 Å². The van der Waals surface area contributed by atoms with Gasteiger partial charge in [-0.2, -0.15) is 0 Å². The van der Waals surface area contributed by atoms with E-state index in [-0.39, 0.29) is 11.4 Å². The number of ether oxygens (including phenoxy) is 1. The summed E-state index contributed by atoms with van der Waals surface area (Å²) in [5, 5.41) is 20.3. The third-order valence-corrected chi connectivity index (χ3v) is 3.13. The molecule has 7 heteroatoms. The number of phenols is 1. The molecule has 3 rings (SSSR count). The first-order valence-corrected chi connectivity index (χ1v) is 6.10. The van der Waals surface area contributed by atoms with Gasteiger partial charge >= 0.3 is 5.69 Å². The number of nitrogens with zero attached hydrogens (tertiary/aromatic N) is 2. The highest BCUT2D eigenvalue weighted by atomic mass is 16.6. The quantitative estimate of drug-likeness (QED) is 0.569. The fourth-order valence-electron chi connectivity index (χ4n) is 2.07. The van der Waals surface area contributed by atoms with Crippen LogP contribution >= 0.6 is 0 Å². The fraction of sp³-hybridized carbons (Fsp3) is 0.0714. The fourth-order valence-corrected chi connectivity index (χ4v) is 2.07. The molecule has 21 heavy (non-hydrogen) atoms. The zero-order chi connectivity index (χ0) is 15.0. The van der Waals surface area contributed by atoms with Crippen LogP contribution in [-0.2, 0) is 0 Å². The second-order valence-electron chi connectivity index (χ2n) is 4.43.